The minimum atomic E-state index is -0.762. The number of nitrogens with zero attached hydrogens (tertiary/aromatic N) is 4. The zero-order valence-corrected chi connectivity index (χ0v) is 28.8. The van der Waals surface area contributed by atoms with Gasteiger partial charge in [0.1, 0.15) is 44.7 Å². The number of benzene rings is 1. The van der Waals surface area contributed by atoms with Gasteiger partial charge in [-0.2, -0.15) is 0 Å². The molecule has 13 nitrogen and oxygen atoms in total. The van der Waals surface area contributed by atoms with E-state index in [4.69, 9.17) is 28.7 Å². The fourth-order valence-electron chi connectivity index (χ4n) is 6.06. The van der Waals surface area contributed by atoms with Gasteiger partial charge in [0.25, 0.3) is 0 Å². The number of fused-ring (bicyclic) bond motifs is 1. The van der Waals surface area contributed by atoms with Gasteiger partial charge in [0.2, 0.25) is 0 Å². The summed E-state index contributed by atoms with van der Waals surface area (Å²) in [6.45, 7) is 6.72. The number of ether oxygens (including phenoxy) is 5. The van der Waals surface area contributed by atoms with Crippen molar-refractivity contribution in [1.29, 1.82) is 0 Å². The predicted molar refractivity (Wildman–Crippen MR) is 174 cm³/mol. The van der Waals surface area contributed by atoms with Gasteiger partial charge < -0.3 is 29.0 Å². The lowest BCUT2D eigenvalue weighted by Crippen LogP contribution is -2.59. The number of morpholine rings is 1. The van der Waals surface area contributed by atoms with Gasteiger partial charge in [-0.3, -0.25) is 19.4 Å². The molecule has 1 aromatic carbocycles. The van der Waals surface area contributed by atoms with Gasteiger partial charge >= 0.3 is 12.1 Å². The van der Waals surface area contributed by atoms with Crippen LogP contribution < -0.4 is 20.1 Å². The number of carbonyl (C=O) groups is 2. The first kappa shape index (κ1) is 33.7. The number of anilines is 1. The Labute approximate surface area is 277 Å². The molecule has 0 radical (unpaired) electrons. The number of halogens is 1. The average molecular weight is 704 g/mol. The topological polar surface area (TPSA) is 138 Å². The fraction of sp³-hybridized carbons (Fsp3) is 0.562. The van der Waals surface area contributed by atoms with Crippen molar-refractivity contribution in [3.63, 3.8) is 0 Å². The number of aromatic nitrogens is 3. The summed E-state index contributed by atoms with van der Waals surface area (Å²) in [5.74, 6) is 2.34. The quantitative estimate of drug-likeness (QED) is 0.280. The minimum absolute atomic E-state index is 0.201. The van der Waals surface area contributed by atoms with Crippen molar-refractivity contribution in [3.8, 4) is 11.5 Å². The van der Waals surface area contributed by atoms with Crippen molar-refractivity contribution < 1.29 is 33.3 Å². The molecule has 1 saturated heterocycles. The Balaban J connectivity index is 1.38. The van der Waals surface area contributed by atoms with Crippen LogP contribution in [0, 0.1) is 0 Å². The molecule has 46 heavy (non-hydrogen) atoms. The van der Waals surface area contributed by atoms with Crippen molar-refractivity contribution in [2.75, 3.05) is 46.3 Å². The van der Waals surface area contributed by atoms with Gasteiger partial charge in [-0.15, -0.1) is 0 Å². The van der Waals surface area contributed by atoms with Crippen molar-refractivity contribution in [2.24, 2.45) is 0 Å². The molecule has 0 bridgehead atoms. The molecule has 1 saturated carbocycles. The molecule has 2 fully saturated rings. The number of esters is 1. The molecular formula is C32H43BrN6O7. The second-order valence-corrected chi connectivity index (χ2v) is 13.3. The fourth-order valence-corrected chi connectivity index (χ4v) is 6.62. The van der Waals surface area contributed by atoms with E-state index in [1.54, 1.807) is 25.3 Å². The van der Waals surface area contributed by atoms with Crippen LogP contribution in [0.1, 0.15) is 63.9 Å². The van der Waals surface area contributed by atoms with Crippen LogP contribution in [-0.4, -0.2) is 89.5 Å². The van der Waals surface area contributed by atoms with E-state index in [0.717, 1.165) is 23.9 Å². The molecule has 3 heterocycles. The first-order valence-electron chi connectivity index (χ1n) is 15.4. The van der Waals surface area contributed by atoms with Crippen LogP contribution in [0.2, 0.25) is 0 Å². The number of hydrogen-bond acceptors (Lipinski definition) is 11. The molecule has 1 aliphatic heterocycles. The van der Waals surface area contributed by atoms with Gasteiger partial charge in [-0.1, -0.05) is 12.8 Å². The summed E-state index contributed by atoms with van der Waals surface area (Å²) in [5, 5.41) is 6.84. The molecule has 2 aliphatic rings. The Bertz CT molecular complexity index is 1550. The van der Waals surface area contributed by atoms with Gasteiger partial charge in [0.05, 0.1) is 40.5 Å². The Morgan fingerprint density at radius 2 is 1.91 bits per heavy atom. The second kappa shape index (κ2) is 14.0. The van der Waals surface area contributed by atoms with Crippen LogP contribution in [0.15, 0.2) is 35.2 Å². The molecule has 2 aromatic heterocycles. The van der Waals surface area contributed by atoms with Crippen LogP contribution in [0.3, 0.4) is 0 Å². The summed E-state index contributed by atoms with van der Waals surface area (Å²) in [6.07, 6.45) is 5.73. The monoisotopic (exact) mass is 702 g/mol. The van der Waals surface area contributed by atoms with Crippen molar-refractivity contribution in [3.05, 3.63) is 46.6 Å². The highest BCUT2D eigenvalue weighted by Crippen LogP contribution is 2.34. The summed E-state index contributed by atoms with van der Waals surface area (Å²) >= 11 is 3.63. The highest BCUT2D eigenvalue weighted by atomic mass is 79.9. The SMILES string of the molecule is COC(=O)C1(NCC2COC(c3nc(Br)c4c(NCc5ccc(OC)cc5OC)nccn34)CN2C(=O)OC(C)(C)C)CCCC1. The van der Waals surface area contributed by atoms with Crippen molar-refractivity contribution in [1.82, 2.24) is 24.6 Å². The van der Waals surface area contributed by atoms with E-state index in [2.05, 4.69) is 31.5 Å². The normalized spacial score (nSPS) is 19.6. The predicted octanol–water partition coefficient (Wildman–Crippen LogP) is 4.87. The van der Waals surface area contributed by atoms with Crippen LogP contribution >= 0.6 is 15.9 Å². The largest absolute Gasteiger partial charge is 0.497 e. The molecule has 3 aromatic rings. The van der Waals surface area contributed by atoms with E-state index in [-0.39, 0.29) is 25.2 Å². The third-order valence-corrected chi connectivity index (χ3v) is 8.95. The minimum Gasteiger partial charge on any atom is -0.497 e. The molecule has 0 spiro atoms. The van der Waals surface area contributed by atoms with Crippen LogP contribution in [0.25, 0.3) is 5.52 Å². The number of amides is 1. The van der Waals surface area contributed by atoms with E-state index in [1.807, 2.05) is 49.6 Å². The maximum atomic E-state index is 13.6. The van der Waals surface area contributed by atoms with E-state index >= 15 is 0 Å². The lowest BCUT2D eigenvalue weighted by molar-refractivity contribution is -0.148. The first-order valence-corrected chi connectivity index (χ1v) is 16.2. The summed E-state index contributed by atoms with van der Waals surface area (Å²) in [4.78, 5) is 37.4. The Kier molecular flexibility index (Phi) is 10.3. The maximum Gasteiger partial charge on any atom is 0.410 e. The molecule has 5 rings (SSSR count). The Morgan fingerprint density at radius 1 is 1.15 bits per heavy atom. The molecule has 2 atom stereocenters. The zero-order valence-electron chi connectivity index (χ0n) is 27.2. The average Bonchev–Trinajstić information content (AvgIpc) is 3.67. The standard InChI is InChI=1S/C32H43BrN6O7/c1-31(2,3)46-30(41)39-18-24(45-19-21(39)17-36-32(29(40)44-6)11-7-8-12-32)28-37-26(33)25-27(34-13-14-38(25)28)35-16-20-9-10-22(42-4)15-23(20)43-5/h9-10,13-15,21,24,36H,7-8,11-12,16-19H2,1-6H3,(H,34,35). The molecular weight excluding hydrogens is 660 g/mol. The second-order valence-electron chi connectivity index (χ2n) is 12.6. The van der Waals surface area contributed by atoms with Gasteiger partial charge in [-0.05, 0) is 61.7 Å². The van der Waals surface area contributed by atoms with Gasteiger partial charge in [0, 0.05) is 37.1 Å². The number of nitrogens with one attached hydrogen (secondary N) is 2. The van der Waals surface area contributed by atoms with Crippen LogP contribution in [-0.2, 0) is 25.5 Å². The molecule has 1 aliphatic carbocycles. The van der Waals surface area contributed by atoms with Crippen LogP contribution in [0.4, 0.5) is 10.6 Å². The maximum absolute atomic E-state index is 13.6. The van der Waals surface area contributed by atoms with E-state index in [0.29, 0.717) is 53.7 Å². The number of methoxy groups -OCH3 is 3. The molecule has 250 valence electrons. The zero-order chi connectivity index (χ0) is 33.1. The van der Waals surface area contributed by atoms with E-state index in [9.17, 15) is 9.59 Å². The summed E-state index contributed by atoms with van der Waals surface area (Å²) in [6, 6.07) is 5.28. The van der Waals surface area contributed by atoms with E-state index < -0.39 is 23.3 Å². The summed E-state index contributed by atoms with van der Waals surface area (Å²) in [5.41, 5.74) is 0.200. The molecule has 1 amide bonds. The Morgan fingerprint density at radius 3 is 2.59 bits per heavy atom. The van der Waals surface area contributed by atoms with E-state index in [1.165, 1.54) is 7.11 Å². The third kappa shape index (κ3) is 7.18. The number of imidazole rings is 1. The lowest BCUT2D eigenvalue weighted by Gasteiger charge is -2.41. The number of rotatable bonds is 10. The van der Waals surface area contributed by atoms with Crippen molar-refractivity contribution >= 4 is 39.3 Å². The molecule has 2 N–H and O–H groups in total. The highest BCUT2D eigenvalue weighted by molar-refractivity contribution is 9.10. The van der Waals surface area contributed by atoms with Gasteiger partial charge in [-0.25, -0.2) is 14.8 Å². The molecule has 14 heteroatoms. The van der Waals surface area contributed by atoms with Crippen molar-refractivity contribution in [2.45, 2.75) is 76.3 Å². The van der Waals surface area contributed by atoms with Gasteiger partial charge in [0.15, 0.2) is 5.82 Å². The third-order valence-electron chi connectivity index (χ3n) is 8.40. The number of hydrogen-bond donors (Lipinski definition) is 2. The molecule has 2 unspecified atom stereocenters. The van der Waals surface area contributed by atoms with Crippen LogP contribution in [0.5, 0.6) is 11.5 Å². The Hall–Kier alpha value is -3.62. The highest BCUT2D eigenvalue weighted by Gasteiger charge is 2.44. The summed E-state index contributed by atoms with van der Waals surface area (Å²) < 4.78 is 30.7. The first-order chi connectivity index (χ1) is 22.0. The lowest BCUT2D eigenvalue weighted by atomic mass is 9.97. The summed E-state index contributed by atoms with van der Waals surface area (Å²) in [7, 11) is 4.64. The smallest absolute Gasteiger partial charge is 0.410 e. The number of carbonyl (C=O) groups excluding carboxylic acids is 2.